The van der Waals surface area contributed by atoms with Crippen LogP contribution < -0.4 is 5.32 Å². The number of anilines is 1. The van der Waals surface area contributed by atoms with Gasteiger partial charge in [0.1, 0.15) is 5.82 Å². The molecule has 1 amide bonds. The summed E-state index contributed by atoms with van der Waals surface area (Å²) in [6.45, 7) is 2.09. The van der Waals surface area contributed by atoms with Crippen LogP contribution in [-0.2, 0) is 34.5 Å². The maximum Gasteiger partial charge on any atom is 0.234 e. The Hall–Kier alpha value is -1.87. The lowest BCUT2D eigenvalue weighted by atomic mass is 10.1. The summed E-state index contributed by atoms with van der Waals surface area (Å²) in [7, 11) is -1.04. The second kappa shape index (κ2) is 8.43. The van der Waals surface area contributed by atoms with Crippen LogP contribution in [0.1, 0.15) is 24.7 Å². The van der Waals surface area contributed by atoms with E-state index in [0.717, 1.165) is 17.9 Å². The molecule has 27 heavy (non-hydrogen) atoms. The highest BCUT2D eigenvalue weighted by Crippen LogP contribution is 2.24. The zero-order chi connectivity index (χ0) is 19.4. The molecular formula is C18H24N4O3S2. The summed E-state index contributed by atoms with van der Waals surface area (Å²) in [6.07, 6.45) is 2.24. The van der Waals surface area contributed by atoms with Gasteiger partial charge in [0.25, 0.3) is 0 Å². The molecule has 146 valence electrons. The predicted octanol–water partition coefficient (Wildman–Crippen LogP) is 2.09. The number of nitrogens with zero attached hydrogens (tertiary/aromatic N) is 3. The van der Waals surface area contributed by atoms with Crippen LogP contribution in [0.2, 0.25) is 0 Å². The zero-order valence-electron chi connectivity index (χ0n) is 15.5. The maximum absolute atomic E-state index is 12.2. The van der Waals surface area contributed by atoms with E-state index >= 15 is 0 Å². The van der Waals surface area contributed by atoms with E-state index in [1.54, 1.807) is 0 Å². The molecule has 1 aromatic carbocycles. The van der Waals surface area contributed by atoms with Crippen molar-refractivity contribution in [2.75, 3.05) is 22.6 Å². The molecule has 3 rings (SSSR count). The van der Waals surface area contributed by atoms with Crippen molar-refractivity contribution in [1.29, 1.82) is 0 Å². The fraction of sp³-hybridized carbons (Fsp3) is 0.500. The van der Waals surface area contributed by atoms with Crippen LogP contribution in [-0.4, -0.2) is 46.3 Å². The number of rotatable bonds is 7. The molecule has 1 atom stereocenters. The SMILES string of the molecule is CCc1ccc(NC(=O)CSc2nnc(C[C@H]3CCS(=O)(=O)C3)n2C)cc1. The molecule has 2 aromatic rings. The number of sulfone groups is 1. The van der Waals surface area contributed by atoms with Gasteiger partial charge < -0.3 is 9.88 Å². The van der Waals surface area contributed by atoms with Gasteiger partial charge in [-0.05, 0) is 36.5 Å². The second-order valence-corrected chi connectivity index (χ2v) is 9.99. The van der Waals surface area contributed by atoms with Gasteiger partial charge in [-0.15, -0.1) is 10.2 Å². The first kappa shape index (κ1) is 19.9. The summed E-state index contributed by atoms with van der Waals surface area (Å²) in [5.74, 6) is 1.48. The predicted molar refractivity (Wildman–Crippen MR) is 107 cm³/mol. The van der Waals surface area contributed by atoms with E-state index in [9.17, 15) is 13.2 Å². The summed E-state index contributed by atoms with van der Waals surface area (Å²) >= 11 is 1.32. The number of aromatic nitrogens is 3. The molecule has 1 fully saturated rings. The van der Waals surface area contributed by atoms with Crippen molar-refractivity contribution < 1.29 is 13.2 Å². The van der Waals surface area contributed by atoms with Gasteiger partial charge in [0.15, 0.2) is 15.0 Å². The molecule has 0 radical (unpaired) electrons. The molecule has 0 unspecified atom stereocenters. The minimum Gasteiger partial charge on any atom is -0.325 e. The molecule has 9 heteroatoms. The van der Waals surface area contributed by atoms with Crippen molar-refractivity contribution in [3.05, 3.63) is 35.7 Å². The number of benzene rings is 1. The fourth-order valence-corrected chi connectivity index (χ4v) is 5.68. The Balaban J connectivity index is 1.52. The molecule has 1 aromatic heterocycles. The Labute approximate surface area is 163 Å². The molecule has 1 aliphatic heterocycles. The van der Waals surface area contributed by atoms with Gasteiger partial charge in [0.2, 0.25) is 5.91 Å². The van der Waals surface area contributed by atoms with Crippen molar-refractivity contribution in [3.63, 3.8) is 0 Å². The summed E-state index contributed by atoms with van der Waals surface area (Å²) in [6, 6.07) is 7.80. The highest BCUT2D eigenvalue weighted by Gasteiger charge is 2.29. The van der Waals surface area contributed by atoms with Crippen LogP contribution >= 0.6 is 11.8 Å². The smallest absolute Gasteiger partial charge is 0.234 e. The molecular weight excluding hydrogens is 384 g/mol. The number of hydrogen-bond acceptors (Lipinski definition) is 6. The van der Waals surface area contributed by atoms with Crippen molar-refractivity contribution in [3.8, 4) is 0 Å². The van der Waals surface area contributed by atoms with Gasteiger partial charge in [0, 0.05) is 19.2 Å². The Morgan fingerprint density at radius 2 is 2.04 bits per heavy atom. The van der Waals surface area contributed by atoms with Crippen LogP contribution in [0, 0.1) is 5.92 Å². The monoisotopic (exact) mass is 408 g/mol. The third kappa shape index (κ3) is 5.32. The fourth-order valence-electron chi connectivity index (χ4n) is 3.09. The second-order valence-electron chi connectivity index (χ2n) is 6.82. The number of carbonyl (C=O) groups is 1. The minimum absolute atomic E-state index is 0.101. The summed E-state index contributed by atoms with van der Waals surface area (Å²) in [4.78, 5) is 12.2. The van der Waals surface area contributed by atoms with E-state index in [-0.39, 0.29) is 29.1 Å². The highest BCUT2D eigenvalue weighted by molar-refractivity contribution is 7.99. The van der Waals surface area contributed by atoms with Gasteiger partial charge in [-0.3, -0.25) is 4.79 Å². The Morgan fingerprint density at radius 3 is 2.67 bits per heavy atom. The van der Waals surface area contributed by atoms with E-state index < -0.39 is 9.84 Å². The highest BCUT2D eigenvalue weighted by atomic mass is 32.2. The quantitative estimate of drug-likeness (QED) is 0.705. The van der Waals surface area contributed by atoms with Crippen LogP contribution in [0.3, 0.4) is 0 Å². The molecule has 0 aliphatic carbocycles. The first-order chi connectivity index (χ1) is 12.9. The third-order valence-corrected chi connectivity index (χ3v) is 7.56. The average Bonchev–Trinajstić information content (AvgIpc) is 3.16. The molecule has 2 heterocycles. The maximum atomic E-state index is 12.2. The summed E-state index contributed by atoms with van der Waals surface area (Å²) < 4.78 is 25.0. The standard InChI is InChI=1S/C18H24N4O3S2/c1-3-13-4-6-15(7-5-13)19-17(23)11-26-18-21-20-16(22(18)2)10-14-8-9-27(24,25)12-14/h4-7,14H,3,8-12H2,1-2H3,(H,19,23)/t14-/m1/s1. The third-order valence-electron chi connectivity index (χ3n) is 4.70. The number of hydrogen-bond donors (Lipinski definition) is 1. The number of nitrogens with one attached hydrogen (secondary N) is 1. The summed E-state index contributed by atoms with van der Waals surface area (Å²) in [5.41, 5.74) is 2.00. The first-order valence-electron chi connectivity index (χ1n) is 8.96. The topological polar surface area (TPSA) is 94.0 Å². The number of aryl methyl sites for hydroxylation is 1. The van der Waals surface area contributed by atoms with Gasteiger partial charge in [-0.2, -0.15) is 0 Å². The van der Waals surface area contributed by atoms with Gasteiger partial charge >= 0.3 is 0 Å². The van der Waals surface area contributed by atoms with Crippen molar-refractivity contribution >= 4 is 33.2 Å². The first-order valence-corrected chi connectivity index (χ1v) is 11.8. The van der Waals surface area contributed by atoms with Crippen molar-refractivity contribution in [2.45, 2.75) is 31.3 Å². The minimum atomic E-state index is -2.89. The Morgan fingerprint density at radius 1 is 1.30 bits per heavy atom. The number of carbonyl (C=O) groups excluding carboxylic acids is 1. The zero-order valence-corrected chi connectivity index (χ0v) is 17.1. The molecule has 1 aliphatic rings. The summed E-state index contributed by atoms with van der Waals surface area (Å²) in [5, 5.41) is 11.8. The lowest BCUT2D eigenvalue weighted by Gasteiger charge is -2.08. The number of amides is 1. The Bertz CT molecular complexity index is 907. The van der Waals surface area contributed by atoms with Gasteiger partial charge in [0.05, 0.1) is 17.3 Å². The molecule has 0 bridgehead atoms. The molecule has 0 spiro atoms. The molecule has 1 N–H and O–H groups in total. The molecule has 0 saturated carbocycles. The van der Waals surface area contributed by atoms with Crippen LogP contribution in [0.15, 0.2) is 29.4 Å². The Kier molecular flexibility index (Phi) is 6.21. The lowest BCUT2D eigenvalue weighted by molar-refractivity contribution is -0.113. The van der Waals surface area contributed by atoms with Crippen molar-refractivity contribution in [1.82, 2.24) is 14.8 Å². The van der Waals surface area contributed by atoms with E-state index in [1.165, 1.54) is 17.3 Å². The number of thioether (sulfide) groups is 1. The van der Waals surface area contributed by atoms with Crippen LogP contribution in [0.5, 0.6) is 0 Å². The van der Waals surface area contributed by atoms with E-state index in [1.807, 2.05) is 35.9 Å². The van der Waals surface area contributed by atoms with Crippen molar-refractivity contribution in [2.24, 2.45) is 13.0 Å². The van der Waals surface area contributed by atoms with E-state index in [0.29, 0.717) is 18.0 Å². The molecule has 7 nitrogen and oxygen atoms in total. The van der Waals surface area contributed by atoms with Crippen LogP contribution in [0.25, 0.3) is 0 Å². The average molecular weight is 409 g/mol. The van der Waals surface area contributed by atoms with Crippen LogP contribution in [0.4, 0.5) is 5.69 Å². The van der Waals surface area contributed by atoms with E-state index in [4.69, 9.17) is 0 Å². The van der Waals surface area contributed by atoms with E-state index in [2.05, 4.69) is 22.4 Å². The largest absolute Gasteiger partial charge is 0.325 e. The van der Waals surface area contributed by atoms with Gasteiger partial charge in [-0.25, -0.2) is 8.42 Å². The molecule has 1 saturated heterocycles. The lowest BCUT2D eigenvalue weighted by Crippen LogP contribution is -2.14. The van der Waals surface area contributed by atoms with Gasteiger partial charge in [-0.1, -0.05) is 30.8 Å². The normalized spacial score (nSPS) is 18.5.